The highest BCUT2D eigenvalue weighted by molar-refractivity contribution is 6.03. The predicted molar refractivity (Wildman–Crippen MR) is 91.0 cm³/mol. The second-order valence-electron chi connectivity index (χ2n) is 5.10. The lowest BCUT2D eigenvalue weighted by Crippen LogP contribution is -2.19. The highest BCUT2D eigenvalue weighted by Crippen LogP contribution is 2.24. The lowest BCUT2D eigenvalue weighted by molar-refractivity contribution is 0.102. The van der Waals surface area contributed by atoms with Gasteiger partial charge >= 0.3 is 0 Å². The third-order valence-electron chi connectivity index (χ3n) is 3.31. The van der Waals surface area contributed by atoms with Crippen molar-refractivity contribution in [2.24, 2.45) is 0 Å². The van der Waals surface area contributed by atoms with Crippen molar-refractivity contribution in [3.63, 3.8) is 0 Å². The zero-order valence-electron chi connectivity index (χ0n) is 13.7. The number of carbonyl (C=O) groups excluding carboxylic acids is 1. The molecule has 0 aliphatic rings. The first-order valence-corrected chi connectivity index (χ1v) is 7.76. The standard InChI is InChI=1S/C17H22N4O2/c1-4-12(3)19-17-18-11-10-14(21-17)16(22)20-13-8-6-7-9-15(13)23-5-2/h6-12H,4-5H2,1-3H3,(H,20,22)(H,18,19,21). The minimum absolute atomic E-state index is 0.243. The van der Waals surface area contributed by atoms with Crippen LogP contribution in [-0.2, 0) is 0 Å². The van der Waals surface area contributed by atoms with Crippen LogP contribution in [0.1, 0.15) is 37.7 Å². The van der Waals surface area contributed by atoms with Gasteiger partial charge in [0.2, 0.25) is 5.95 Å². The molecule has 2 rings (SSSR count). The van der Waals surface area contributed by atoms with Crippen LogP contribution in [0.2, 0.25) is 0 Å². The molecule has 6 nitrogen and oxygen atoms in total. The number of nitrogens with one attached hydrogen (secondary N) is 2. The van der Waals surface area contributed by atoms with Crippen LogP contribution < -0.4 is 15.4 Å². The molecule has 1 atom stereocenters. The Morgan fingerprint density at radius 2 is 2.04 bits per heavy atom. The molecule has 0 radical (unpaired) electrons. The Morgan fingerprint density at radius 1 is 1.26 bits per heavy atom. The van der Waals surface area contributed by atoms with Crippen LogP contribution in [0.15, 0.2) is 36.5 Å². The fourth-order valence-electron chi connectivity index (χ4n) is 1.91. The van der Waals surface area contributed by atoms with Gasteiger partial charge in [0.05, 0.1) is 12.3 Å². The van der Waals surface area contributed by atoms with E-state index in [1.54, 1.807) is 18.3 Å². The van der Waals surface area contributed by atoms with Crippen LogP contribution in [0.25, 0.3) is 0 Å². The van der Waals surface area contributed by atoms with Crippen LogP contribution in [-0.4, -0.2) is 28.5 Å². The van der Waals surface area contributed by atoms with Gasteiger partial charge in [-0.15, -0.1) is 0 Å². The second kappa shape index (κ2) is 8.12. The molecule has 1 unspecified atom stereocenters. The molecule has 0 aliphatic carbocycles. The molecule has 0 fully saturated rings. The van der Waals surface area contributed by atoms with E-state index in [0.29, 0.717) is 29.7 Å². The highest BCUT2D eigenvalue weighted by atomic mass is 16.5. The van der Waals surface area contributed by atoms with Gasteiger partial charge in [-0.1, -0.05) is 19.1 Å². The van der Waals surface area contributed by atoms with Gasteiger partial charge in [-0.25, -0.2) is 9.97 Å². The smallest absolute Gasteiger partial charge is 0.274 e. The van der Waals surface area contributed by atoms with E-state index in [0.717, 1.165) is 6.42 Å². The number of ether oxygens (including phenoxy) is 1. The van der Waals surface area contributed by atoms with Crippen molar-refractivity contribution in [3.8, 4) is 5.75 Å². The van der Waals surface area contributed by atoms with Crippen molar-refractivity contribution in [2.75, 3.05) is 17.2 Å². The van der Waals surface area contributed by atoms with E-state index in [2.05, 4.69) is 27.5 Å². The van der Waals surface area contributed by atoms with Gasteiger partial charge in [-0.3, -0.25) is 4.79 Å². The Morgan fingerprint density at radius 3 is 2.78 bits per heavy atom. The highest BCUT2D eigenvalue weighted by Gasteiger charge is 2.12. The van der Waals surface area contributed by atoms with E-state index in [1.807, 2.05) is 32.0 Å². The predicted octanol–water partition coefficient (Wildman–Crippen LogP) is 3.34. The molecule has 1 amide bonds. The van der Waals surface area contributed by atoms with Crippen LogP contribution in [0.5, 0.6) is 5.75 Å². The molecule has 0 saturated heterocycles. The third kappa shape index (κ3) is 4.67. The molecular formula is C17H22N4O2. The van der Waals surface area contributed by atoms with Crippen molar-refractivity contribution in [3.05, 3.63) is 42.2 Å². The molecule has 0 spiro atoms. The van der Waals surface area contributed by atoms with Gasteiger partial charge in [0, 0.05) is 12.2 Å². The Kier molecular flexibility index (Phi) is 5.91. The molecular weight excluding hydrogens is 292 g/mol. The molecule has 0 saturated carbocycles. The van der Waals surface area contributed by atoms with Gasteiger partial charge in [0.1, 0.15) is 11.4 Å². The average molecular weight is 314 g/mol. The first-order chi connectivity index (χ1) is 11.1. The molecule has 6 heteroatoms. The van der Waals surface area contributed by atoms with Crippen molar-refractivity contribution in [1.29, 1.82) is 0 Å². The molecule has 2 N–H and O–H groups in total. The van der Waals surface area contributed by atoms with Crippen molar-refractivity contribution < 1.29 is 9.53 Å². The van der Waals surface area contributed by atoms with Gasteiger partial charge in [0.15, 0.2) is 0 Å². The quantitative estimate of drug-likeness (QED) is 0.819. The second-order valence-corrected chi connectivity index (χ2v) is 5.10. The average Bonchev–Trinajstić information content (AvgIpc) is 2.57. The number of aromatic nitrogens is 2. The number of amides is 1. The summed E-state index contributed by atoms with van der Waals surface area (Å²) in [7, 11) is 0. The summed E-state index contributed by atoms with van der Waals surface area (Å²) in [6, 6.07) is 9.14. The molecule has 1 aromatic heterocycles. The van der Waals surface area contributed by atoms with Crippen LogP contribution in [0.3, 0.4) is 0 Å². The Labute approximate surface area is 136 Å². The summed E-state index contributed by atoms with van der Waals surface area (Å²) < 4.78 is 5.50. The Hall–Kier alpha value is -2.63. The molecule has 0 bridgehead atoms. The number of nitrogens with zero attached hydrogens (tertiary/aromatic N) is 2. The van der Waals surface area contributed by atoms with E-state index in [-0.39, 0.29) is 11.9 Å². The van der Waals surface area contributed by atoms with Crippen LogP contribution >= 0.6 is 0 Å². The van der Waals surface area contributed by atoms with E-state index in [9.17, 15) is 4.79 Å². The number of hydrogen-bond acceptors (Lipinski definition) is 5. The zero-order chi connectivity index (χ0) is 16.7. The van der Waals surface area contributed by atoms with E-state index >= 15 is 0 Å². The molecule has 1 aromatic carbocycles. The van der Waals surface area contributed by atoms with Crippen LogP contribution in [0.4, 0.5) is 11.6 Å². The van der Waals surface area contributed by atoms with Crippen molar-refractivity contribution >= 4 is 17.5 Å². The summed E-state index contributed by atoms with van der Waals surface area (Å²) in [5, 5.41) is 5.98. The summed E-state index contributed by atoms with van der Waals surface area (Å²) >= 11 is 0. The van der Waals surface area contributed by atoms with Gasteiger partial charge in [-0.2, -0.15) is 0 Å². The lowest BCUT2D eigenvalue weighted by atomic mass is 10.2. The van der Waals surface area contributed by atoms with Gasteiger partial charge in [-0.05, 0) is 38.5 Å². The topological polar surface area (TPSA) is 76.1 Å². The third-order valence-corrected chi connectivity index (χ3v) is 3.31. The molecule has 122 valence electrons. The summed E-state index contributed by atoms with van der Waals surface area (Å²) in [6.07, 6.45) is 2.52. The number of carbonyl (C=O) groups is 1. The molecule has 1 heterocycles. The lowest BCUT2D eigenvalue weighted by Gasteiger charge is -2.13. The minimum Gasteiger partial charge on any atom is -0.492 e. The largest absolute Gasteiger partial charge is 0.492 e. The summed E-state index contributed by atoms with van der Waals surface area (Å²) in [4.78, 5) is 20.8. The van der Waals surface area contributed by atoms with Crippen molar-refractivity contribution in [1.82, 2.24) is 9.97 Å². The van der Waals surface area contributed by atoms with E-state index < -0.39 is 0 Å². The normalized spacial score (nSPS) is 11.6. The first-order valence-electron chi connectivity index (χ1n) is 7.76. The Balaban J connectivity index is 2.13. The molecule has 23 heavy (non-hydrogen) atoms. The maximum Gasteiger partial charge on any atom is 0.274 e. The number of rotatable bonds is 7. The monoisotopic (exact) mass is 314 g/mol. The number of benzene rings is 1. The van der Waals surface area contributed by atoms with E-state index in [4.69, 9.17) is 4.74 Å². The number of hydrogen-bond donors (Lipinski definition) is 2. The summed E-state index contributed by atoms with van der Waals surface area (Å²) in [5.74, 6) is 0.784. The van der Waals surface area contributed by atoms with Crippen molar-refractivity contribution in [2.45, 2.75) is 33.2 Å². The maximum absolute atomic E-state index is 12.4. The van der Waals surface area contributed by atoms with Gasteiger partial charge in [0.25, 0.3) is 5.91 Å². The SMILES string of the molecule is CCOc1ccccc1NC(=O)c1ccnc(NC(C)CC)n1. The molecule has 0 aliphatic heterocycles. The van der Waals surface area contributed by atoms with Crippen LogP contribution in [0, 0.1) is 0 Å². The van der Waals surface area contributed by atoms with Gasteiger partial charge < -0.3 is 15.4 Å². The number of anilines is 2. The van der Waals surface area contributed by atoms with E-state index in [1.165, 1.54) is 0 Å². The minimum atomic E-state index is -0.299. The first kappa shape index (κ1) is 16.7. The summed E-state index contributed by atoms with van der Waals surface area (Å²) in [5.41, 5.74) is 0.923. The molecule has 2 aromatic rings. The zero-order valence-corrected chi connectivity index (χ0v) is 13.7. The summed E-state index contributed by atoms with van der Waals surface area (Å²) in [6.45, 7) is 6.53. The fraction of sp³-hybridized carbons (Fsp3) is 0.353. The number of para-hydroxylation sites is 2. The maximum atomic E-state index is 12.4. The Bertz CT molecular complexity index is 661. The fourth-order valence-corrected chi connectivity index (χ4v) is 1.91.